The van der Waals surface area contributed by atoms with Gasteiger partial charge in [0.2, 0.25) is 0 Å². The van der Waals surface area contributed by atoms with Gasteiger partial charge in [-0.3, -0.25) is 4.90 Å². The third-order valence-electron chi connectivity index (χ3n) is 3.23. The van der Waals surface area contributed by atoms with E-state index in [4.69, 9.17) is 0 Å². The van der Waals surface area contributed by atoms with Crippen LogP contribution >= 0.6 is 0 Å². The highest BCUT2D eigenvalue weighted by Gasteiger charge is 2.24. The first-order valence-electron chi connectivity index (χ1n) is 5.73. The summed E-state index contributed by atoms with van der Waals surface area (Å²) in [6.45, 7) is 4.94. The number of halogens is 2. The van der Waals surface area contributed by atoms with Crippen LogP contribution in [0.5, 0.6) is 5.75 Å². The van der Waals surface area contributed by atoms with Crippen molar-refractivity contribution in [3.05, 3.63) is 29.3 Å². The molecule has 1 aromatic rings. The molecule has 1 heterocycles. The molecule has 2 rings (SSSR count). The SMILES string of the molecule is C[C@H](c1c(F)ccc(F)c1O)N1CCNCC1. The molecule has 1 saturated heterocycles. The van der Waals surface area contributed by atoms with Crippen molar-refractivity contribution in [2.75, 3.05) is 26.2 Å². The van der Waals surface area contributed by atoms with Gasteiger partial charge in [-0.2, -0.15) is 0 Å². The van der Waals surface area contributed by atoms with Crippen LogP contribution in [0.15, 0.2) is 12.1 Å². The molecule has 0 saturated carbocycles. The molecule has 1 aromatic carbocycles. The Labute approximate surface area is 99.1 Å². The third kappa shape index (κ3) is 2.40. The van der Waals surface area contributed by atoms with Crippen LogP contribution in [-0.2, 0) is 0 Å². The molecule has 3 nitrogen and oxygen atoms in total. The molecule has 1 aliphatic rings. The van der Waals surface area contributed by atoms with Crippen molar-refractivity contribution in [1.29, 1.82) is 0 Å². The fourth-order valence-corrected chi connectivity index (χ4v) is 2.21. The average molecular weight is 242 g/mol. The third-order valence-corrected chi connectivity index (χ3v) is 3.23. The van der Waals surface area contributed by atoms with Gasteiger partial charge in [0.1, 0.15) is 5.82 Å². The average Bonchev–Trinajstić information content (AvgIpc) is 2.35. The van der Waals surface area contributed by atoms with E-state index < -0.39 is 17.4 Å². The maximum absolute atomic E-state index is 13.7. The number of nitrogens with one attached hydrogen (secondary N) is 1. The fourth-order valence-electron chi connectivity index (χ4n) is 2.21. The van der Waals surface area contributed by atoms with Crippen molar-refractivity contribution in [3.63, 3.8) is 0 Å². The van der Waals surface area contributed by atoms with Crippen LogP contribution in [0.3, 0.4) is 0 Å². The fraction of sp³-hybridized carbons (Fsp3) is 0.500. The van der Waals surface area contributed by atoms with E-state index >= 15 is 0 Å². The summed E-state index contributed by atoms with van der Waals surface area (Å²) >= 11 is 0. The molecule has 0 aromatic heterocycles. The molecule has 5 heteroatoms. The summed E-state index contributed by atoms with van der Waals surface area (Å²) in [7, 11) is 0. The lowest BCUT2D eigenvalue weighted by Gasteiger charge is -2.33. The van der Waals surface area contributed by atoms with Crippen molar-refractivity contribution in [2.24, 2.45) is 0 Å². The van der Waals surface area contributed by atoms with Crippen LogP contribution in [0.4, 0.5) is 8.78 Å². The molecule has 0 aliphatic carbocycles. The second kappa shape index (κ2) is 4.98. The highest BCUT2D eigenvalue weighted by atomic mass is 19.1. The molecule has 0 amide bonds. The Morgan fingerprint density at radius 2 is 1.82 bits per heavy atom. The quantitative estimate of drug-likeness (QED) is 0.827. The van der Waals surface area contributed by atoms with E-state index in [0.29, 0.717) is 0 Å². The van der Waals surface area contributed by atoms with Crippen LogP contribution in [-0.4, -0.2) is 36.2 Å². The predicted octanol–water partition coefficient (Wildman–Crippen LogP) is 1.64. The number of hydrogen-bond acceptors (Lipinski definition) is 3. The number of nitrogens with zero attached hydrogens (tertiary/aromatic N) is 1. The molecule has 1 aliphatic heterocycles. The number of hydrogen-bond donors (Lipinski definition) is 2. The van der Waals surface area contributed by atoms with Crippen LogP contribution in [0.1, 0.15) is 18.5 Å². The second-order valence-corrected chi connectivity index (χ2v) is 4.25. The summed E-state index contributed by atoms with van der Waals surface area (Å²) in [5, 5.41) is 12.8. The lowest BCUT2D eigenvalue weighted by molar-refractivity contribution is 0.178. The van der Waals surface area contributed by atoms with E-state index in [0.717, 1.165) is 38.3 Å². The summed E-state index contributed by atoms with van der Waals surface area (Å²) in [5.74, 6) is -1.91. The molecule has 0 radical (unpaired) electrons. The van der Waals surface area contributed by atoms with E-state index in [2.05, 4.69) is 5.32 Å². The summed E-state index contributed by atoms with van der Waals surface area (Å²) in [6, 6.07) is 1.68. The lowest BCUT2D eigenvalue weighted by Crippen LogP contribution is -2.44. The van der Waals surface area contributed by atoms with Gasteiger partial charge in [0, 0.05) is 37.8 Å². The minimum atomic E-state index is -0.775. The van der Waals surface area contributed by atoms with Crippen molar-refractivity contribution < 1.29 is 13.9 Å². The first kappa shape index (κ1) is 12.3. The first-order chi connectivity index (χ1) is 8.11. The molecule has 0 spiro atoms. The summed E-state index contributed by atoms with van der Waals surface area (Å²) in [4.78, 5) is 2.02. The van der Waals surface area contributed by atoms with Crippen LogP contribution in [0.2, 0.25) is 0 Å². The number of phenols is 1. The van der Waals surface area contributed by atoms with E-state index in [1.807, 2.05) is 4.90 Å². The molecule has 1 atom stereocenters. The van der Waals surface area contributed by atoms with E-state index in [1.54, 1.807) is 6.92 Å². The van der Waals surface area contributed by atoms with Gasteiger partial charge < -0.3 is 10.4 Å². The van der Waals surface area contributed by atoms with E-state index in [9.17, 15) is 13.9 Å². The Balaban J connectivity index is 2.29. The smallest absolute Gasteiger partial charge is 0.165 e. The van der Waals surface area contributed by atoms with Crippen molar-refractivity contribution in [2.45, 2.75) is 13.0 Å². The van der Waals surface area contributed by atoms with E-state index in [1.165, 1.54) is 0 Å². The Morgan fingerprint density at radius 1 is 1.24 bits per heavy atom. The normalized spacial score (nSPS) is 19.2. The largest absolute Gasteiger partial charge is 0.505 e. The number of aromatic hydroxyl groups is 1. The van der Waals surface area contributed by atoms with Crippen molar-refractivity contribution in [1.82, 2.24) is 10.2 Å². The molecule has 17 heavy (non-hydrogen) atoms. The number of phenolic OH excluding ortho intramolecular Hbond substituents is 1. The van der Waals surface area contributed by atoms with Gasteiger partial charge in [-0.05, 0) is 19.1 Å². The molecule has 0 bridgehead atoms. The second-order valence-electron chi connectivity index (χ2n) is 4.25. The molecular formula is C12H16F2N2O. The minimum Gasteiger partial charge on any atom is -0.505 e. The number of benzene rings is 1. The zero-order valence-electron chi connectivity index (χ0n) is 9.71. The highest BCUT2D eigenvalue weighted by molar-refractivity contribution is 5.37. The summed E-state index contributed by atoms with van der Waals surface area (Å²) in [6.07, 6.45) is 0. The molecule has 1 fully saturated rings. The predicted molar refractivity (Wildman–Crippen MR) is 60.9 cm³/mol. The van der Waals surface area contributed by atoms with Gasteiger partial charge in [-0.1, -0.05) is 0 Å². The van der Waals surface area contributed by atoms with E-state index in [-0.39, 0.29) is 11.6 Å². The van der Waals surface area contributed by atoms with Gasteiger partial charge >= 0.3 is 0 Å². The molecular weight excluding hydrogens is 226 g/mol. The Hall–Kier alpha value is -1.20. The molecule has 94 valence electrons. The lowest BCUT2D eigenvalue weighted by atomic mass is 10.0. The topological polar surface area (TPSA) is 35.5 Å². The van der Waals surface area contributed by atoms with Crippen LogP contribution < -0.4 is 5.32 Å². The van der Waals surface area contributed by atoms with Crippen LogP contribution in [0.25, 0.3) is 0 Å². The Kier molecular flexibility index (Phi) is 3.59. The first-order valence-corrected chi connectivity index (χ1v) is 5.73. The zero-order valence-corrected chi connectivity index (χ0v) is 9.71. The molecule has 2 N–H and O–H groups in total. The highest BCUT2D eigenvalue weighted by Crippen LogP contribution is 2.32. The monoisotopic (exact) mass is 242 g/mol. The summed E-state index contributed by atoms with van der Waals surface area (Å²) in [5.41, 5.74) is 0.0481. The number of piperazine rings is 1. The van der Waals surface area contributed by atoms with Crippen molar-refractivity contribution in [3.8, 4) is 5.75 Å². The van der Waals surface area contributed by atoms with Gasteiger partial charge in [0.25, 0.3) is 0 Å². The minimum absolute atomic E-state index is 0.0481. The van der Waals surface area contributed by atoms with Gasteiger partial charge in [0.05, 0.1) is 0 Å². The van der Waals surface area contributed by atoms with Gasteiger partial charge in [-0.25, -0.2) is 8.78 Å². The maximum atomic E-state index is 13.7. The zero-order chi connectivity index (χ0) is 12.4. The maximum Gasteiger partial charge on any atom is 0.165 e. The number of rotatable bonds is 2. The van der Waals surface area contributed by atoms with Gasteiger partial charge in [0.15, 0.2) is 11.6 Å². The standard InChI is InChI=1S/C12H16F2N2O/c1-8(16-6-4-15-5-7-16)11-9(13)2-3-10(14)12(11)17/h2-3,8,15,17H,4-7H2,1H3/t8-/m1/s1. The van der Waals surface area contributed by atoms with Crippen LogP contribution in [0, 0.1) is 11.6 Å². The Morgan fingerprint density at radius 3 is 2.47 bits per heavy atom. The molecule has 0 unspecified atom stereocenters. The van der Waals surface area contributed by atoms with Crippen molar-refractivity contribution >= 4 is 0 Å². The van der Waals surface area contributed by atoms with Gasteiger partial charge in [-0.15, -0.1) is 0 Å². The Bertz CT molecular complexity index is 406. The summed E-state index contributed by atoms with van der Waals surface area (Å²) < 4.78 is 26.9.